The molecule has 1 heterocycles. The highest BCUT2D eigenvalue weighted by molar-refractivity contribution is 7.90. The van der Waals surface area contributed by atoms with E-state index in [2.05, 4.69) is 25.5 Å². The Morgan fingerprint density at radius 1 is 1.17 bits per heavy atom. The van der Waals surface area contributed by atoms with Gasteiger partial charge < -0.3 is 4.74 Å². The minimum Gasteiger partial charge on any atom is -0.456 e. The van der Waals surface area contributed by atoms with E-state index in [-0.39, 0.29) is 17.8 Å². The fraction of sp³-hybridized carbons (Fsp3) is 0.611. The number of hydrogen-bond acceptors (Lipinski definition) is 4. The fourth-order valence-corrected chi connectivity index (χ4v) is 3.58. The molecule has 0 amide bonds. The minimum absolute atomic E-state index is 0.0282. The molecule has 0 saturated carbocycles. The molecular weight excluding hydrogens is 326 g/mol. The molecule has 2 rings (SSSR count). The second-order valence-corrected chi connectivity index (χ2v) is 9.91. The zero-order chi connectivity index (χ0) is 18.1. The van der Waals surface area contributed by atoms with Gasteiger partial charge in [-0.05, 0) is 36.8 Å². The van der Waals surface area contributed by atoms with Crippen molar-refractivity contribution in [2.75, 3.05) is 0 Å². The molecule has 1 fully saturated rings. The Morgan fingerprint density at radius 3 is 2.25 bits per heavy atom. The van der Waals surface area contributed by atoms with Crippen molar-refractivity contribution in [3.8, 4) is 0 Å². The van der Waals surface area contributed by atoms with Crippen LogP contribution in [-0.2, 0) is 25.0 Å². The van der Waals surface area contributed by atoms with Gasteiger partial charge in [-0.15, -0.1) is 0 Å². The number of hydrogen-bond donors (Lipinski definition) is 1. The molecule has 1 saturated heterocycles. The highest BCUT2D eigenvalue weighted by Crippen LogP contribution is 2.31. The molecule has 0 aliphatic carbocycles. The molecule has 5 nitrogen and oxygen atoms in total. The van der Waals surface area contributed by atoms with Gasteiger partial charge >= 0.3 is 5.97 Å². The summed E-state index contributed by atoms with van der Waals surface area (Å²) in [5, 5.41) is -0.529. The summed E-state index contributed by atoms with van der Waals surface area (Å²) in [4.78, 5) is 11.7. The number of sulfonamides is 1. The summed E-state index contributed by atoms with van der Waals surface area (Å²) in [6.45, 7) is 9.64. The summed E-state index contributed by atoms with van der Waals surface area (Å²) in [7, 11) is -3.43. The maximum absolute atomic E-state index is 12.2. The molecule has 1 aromatic carbocycles. The minimum atomic E-state index is -3.43. The van der Waals surface area contributed by atoms with E-state index in [0.29, 0.717) is 6.42 Å². The van der Waals surface area contributed by atoms with Crippen LogP contribution in [0.25, 0.3) is 0 Å². The SMILES string of the molecule is CC(C)S(=O)(=O)NC1CCC(=O)OC1c1ccc(C(C)(C)C)cc1. The molecule has 0 spiro atoms. The molecule has 1 aliphatic rings. The Bertz CT molecular complexity index is 687. The molecule has 2 atom stereocenters. The first kappa shape index (κ1) is 18.9. The van der Waals surface area contributed by atoms with Crippen LogP contribution >= 0.6 is 0 Å². The second-order valence-electron chi connectivity index (χ2n) is 7.64. The molecule has 0 bridgehead atoms. The molecule has 24 heavy (non-hydrogen) atoms. The van der Waals surface area contributed by atoms with Crippen LogP contribution in [0.4, 0.5) is 0 Å². The van der Waals surface area contributed by atoms with E-state index in [1.54, 1.807) is 13.8 Å². The van der Waals surface area contributed by atoms with E-state index in [9.17, 15) is 13.2 Å². The van der Waals surface area contributed by atoms with E-state index in [0.717, 1.165) is 5.56 Å². The van der Waals surface area contributed by atoms with Gasteiger partial charge in [0.05, 0.1) is 11.3 Å². The van der Waals surface area contributed by atoms with Crippen LogP contribution < -0.4 is 4.72 Å². The van der Waals surface area contributed by atoms with Crippen molar-refractivity contribution in [3.05, 3.63) is 35.4 Å². The molecule has 2 unspecified atom stereocenters. The van der Waals surface area contributed by atoms with Crippen molar-refractivity contribution in [1.82, 2.24) is 4.72 Å². The number of nitrogens with one attached hydrogen (secondary N) is 1. The smallest absolute Gasteiger partial charge is 0.306 e. The van der Waals surface area contributed by atoms with Crippen LogP contribution in [0.1, 0.15) is 64.7 Å². The maximum Gasteiger partial charge on any atom is 0.306 e. The van der Waals surface area contributed by atoms with Crippen LogP contribution in [0.15, 0.2) is 24.3 Å². The van der Waals surface area contributed by atoms with E-state index < -0.39 is 27.4 Å². The van der Waals surface area contributed by atoms with E-state index >= 15 is 0 Å². The zero-order valence-electron chi connectivity index (χ0n) is 15.0. The van der Waals surface area contributed by atoms with Crippen molar-refractivity contribution >= 4 is 16.0 Å². The first-order valence-electron chi connectivity index (χ1n) is 8.32. The lowest BCUT2D eigenvalue weighted by atomic mass is 9.85. The van der Waals surface area contributed by atoms with Crippen LogP contribution in [0.2, 0.25) is 0 Å². The zero-order valence-corrected chi connectivity index (χ0v) is 15.8. The largest absolute Gasteiger partial charge is 0.456 e. The monoisotopic (exact) mass is 353 g/mol. The molecule has 0 aromatic heterocycles. The van der Waals surface area contributed by atoms with Gasteiger partial charge in [0.1, 0.15) is 6.10 Å². The summed E-state index contributed by atoms with van der Waals surface area (Å²) < 4.78 is 32.6. The number of cyclic esters (lactones) is 1. The summed E-state index contributed by atoms with van der Waals surface area (Å²) in [6.07, 6.45) is 0.0759. The van der Waals surface area contributed by atoms with E-state index in [4.69, 9.17) is 4.74 Å². The molecule has 0 radical (unpaired) electrons. The standard InChI is InChI=1S/C18H27NO4S/c1-12(2)24(21,22)19-15-10-11-16(20)23-17(15)13-6-8-14(9-7-13)18(3,4)5/h6-9,12,15,17,19H,10-11H2,1-5H3. The normalized spacial score (nSPS) is 22.5. The van der Waals surface area contributed by atoms with Crippen molar-refractivity contribution < 1.29 is 17.9 Å². The predicted molar refractivity (Wildman–Crippen MR) is 94.2 cm³/mol. The number of esters is 1. The highest BCUT2D eigenvalue weighted by atomic mass is 32.2. The molecule has 6 heteroatoms. The Kier molecular flexibility index (Phi) is 5.40. The highest BCUT2D eigenvalue weighted by Gasteiger charge is 2.35. The van der Waals surface area contributed by atoms with Crippen molar-refractivity contribution in [3.63, 3.8) is 0 Å². The second kappa shape index (κ2) is 6.84. The van der Waals surface area contributed by atoms with Crippen LogP contribution in [0, 0.1) is 0 Å². The van der Waals surface area contributed by atoms with Gasteiger partial charge in [0.25, 0.3) is 0 Å². The van der Waals surface area contributed by atoms with Crippen molar-refractivity contribution in [2.24, 2.45) is 0 Å². The number of rotatable bonds is 4. The Morgan fingerprint density at radius 2 is 1.75 bits per heavy atom. The number of carbonyl (C=O) groups excluding carboxylic acids is 1. The van der Waals surface area contributed by atoms with Gasteiger partial charge in [0.2, 0.25) is 10.0 Å². The quantitative estimate of drug-likeness (QED) is 0.845. The topological polar surface area (TPSA) is 72.5 Å². The summed E-state index contributed by atoms with van der Waals surface area (Å²) in [5.74, 6) is -0.292. The van der Waals surface area contributed by atoms with Gasteiger partial charge in [-0.25, -0.2) is 13.1 Å². The Hall–Kier alpha value is -1.40. The Labute approximate surface area is 144 Å². The third-order valence-electron chi connectivity index (χ3n) is 4.32. The third kappa shape index (κ3) is 4.36. The lowest BCUT2D eigenvalue weighted by Gasteiger charge is -2.32. The summed E-state index contributed by atoms with van der Waals surface area (Å²) >= 11 is 0. The molecule has 134 valence electrons. The lowest BCUT2D eigenvalue weighted by molar-refractivity contribution is -0.156. The first-order valence-corrected chi connectivity index (χ1v) is 9.86. The molecule has 1 N–H and O–H groups in total. The van der Waals surface area contributed by atoms with Crippen molar-refractivity contribution in [1.29, 1.82) is 0 Å². The average molecular weight is 353 g/mol. The van der Waals surface area contributed by atoms with E-state index in [1.807, 2.05) is 24.3 Å². The number of ether oxygens (including phenoxy) is 1. The molecule has 1 aliphatic heterocycles. The predicted octanol–water partition coefficient (Wildman–Crippen LogP) is 3.06. The van der Waals surface area contributed by atoms with Gasteiger partial charge in [-0.3, -0.25) is 4.79 Å². The first-order chi connectivity index (χ1) is 11.0. The maximum atomic E-state index is 12.2. The van der Waals surface area contributed by atoms with Crippen LogP contribution in [0.3, 0.4) is 0 Å². The lowest BCUT2D eigenvalue weighted by Crippen LogP contribution is -2.46. The molecular formula is C18H27NO4S. The molecule has 1 aromatic rings. The number of carbonyl (C=O) groups is 1. The number of benzene rings is 1. The van der Waals surface area contributed by atoms with E-state index in [1.165, 1.54) is 5.56 Å². The summed E-state index contributed by atoms with van der Waals surface area (Å²) in [6, 6.07) is 7.41. The van der Waals surface area contributed by atoms with Gasteiger partial charge in [0.15, 0.2) is 0 Å². The third-order valence-corrected chi connectivity index (χ3v) is 6.20. The summed E-state index contributed by atoms with van der Waals surface area (Å²) in [5.41, 5.74) is 2.01. The van der Waals surface area contributed by atoms with Crippen LogP contribution in [0.5, 0.6) is 0 Å². The van der Waals surface area contributed by atoms with Crippen molar-refractivity contribution in [2.45, 2.75) is 70.3 Å². The fourth-order valence-electron chi connectivity index (χ4n) is 2.65. The Balaban J connectivity index is 2.28. The average Bonchev–Trinajstić information content (AvgIpc) is 2.48. The van der Waals surface area contributed by atoms with Crippen LogP contribution in [-0.4, -0.2) is 25.7 Å². The van der Waals surface area contributed by atoms with Gasteiger partial charge in [0, 0.05) is 6.42 Å². The van der Waals surface area contributed by atoms with Gasteiger partial charge in [-0.2, -0.15) is 0 Å². The van der Waals surface area contributed by atoms with Gasteiger partial charge in [-0.1, -0.05) is 45.0 Å².